The van der Waals surface area contributed by atoms with Crippen molar-refractivity contribution in [3.8, 4) is 0 Å². The SMILES string of the molecule is CCC(CC)NC(=O)CN[C@H](C)c1ccccc1C. The zero-order valence-electron chi connectivity index (χ0n) is 12.5. The van der Waals surface area contributed by atoms with Gasteiger partial charge in [0.15, 0.2) is 0 Å². The maximum Gasteiger partial charge on any atom is 0.234 e. The molecular weight excluding hydrogens is 236 g/mol. The van der Waals surface area contributed by atoms with Crippen LogP contribution in [0.3, 0.4) is 0 Å². The predicted octanol–water partition coefficient (Wildman–Crippen LogP) is 2.95. The van der Waals surface area contributed by atoms with Gasteiger partial charge in [-0.3, -0.25) is 4.79 Å². The standard InChI is InChI=1S/C16H26N2O/c1-5-14(6-2)18-16(19)11-17-13(4)15-10-8-7-9-12(15)3/h7-10,13-14,17H,5-6,11H2,1-4H3,(H,18,19)/t13-/m1/s1. The number of nitrogens with one attached hydrogen (secondary N) is 2. The van der Waals surface area contributed by atoms with Gasteiger partial charge in [0, 0.05) is 12.1 Å². The van der Waals surface area contributed by atoms with Crippen LogP contribution in [0.5, 0.6) is 0 Å². The minimum Gasteiger partial charge on any atom is -0.352 e. The minimum absolute atomic E-state index is 0.0779. The second-order valence-electron chi connectivity index (χ2n) is 5.04. The topological polar surface area (TPSA) is 41.1 Å². The molecule has 0 saturated carbocycles. The fraction of sp³-hybridized carbons (Fsp3) is 0.562. The monoisotopic (exact) mass is 262 g/mol. The van der Waals surface area contributed by atoms with Crippen LogP contribution in [-0.4, -0.2) is 18.5 Å². The average molecular weight is 262 g/mol. The van der Waals surface area contributed by atoms with Gasteiger partial charge in [-0.05, 0) is 37.8 Å². The second kappa shape index (κ2) is 7.95. The highest BCUT2D eigenvalue weighted by atomic mass is 16.1. The third kappa shape index (κ3) is 5.03. The van der Waals surface area contributed by atoms with Gasteiger partial charge in [-0.25, -0.2) is 0 Å². The molecule has 0 aliphatic carbocycles. The molecule has 1 atom stereocenters. The van der Waals surface area contributed by atoms with E-state index >= 15 is 0 Å². The van der Waals surface area contributed by atoms with Crippen LogP contribution in [0.1, 0.15) is 50.8 Å². The number of hydrogen-bond donors (Lipinski definition) is 2. The number of carbonyl (C=O) groups excluding carboxylic acids is 1. The molecule has 1 aromatic carbocycles. The largest absolute Gasteiger partial charge is 0.352 e. The van der Waals surface area contributed by atoms with Gasteiger partial charge in [0.25, 0.3) is 0 Å². The molecule has 1 rings (SSSR count). The Bertz CT molecular complexity index is 399. The van der Waals surface area contributed by atoms with Crippen molar-refractivity contribution in [3.05, 3.63) is 35.4 Å². The van der Waals surface area contributed by atoms with Gasteiger partial charge in [-0.1, -0.05) is 38.1 Å². The van der Waals surface area contributed by atoms with E-state index in [0.717, 1.165) is 12.8 Å². The Morgan fingerprint density at radius 2 is 1.84 bits per heavy atom. The Morgan fingerprint density at radius 3 is 2.42 bits per heavy atom. The van der Waals surface area contributed by atoms with Crippen LogP contribution in [0, 0.1) is 6.92 Å². The summed E-state index contributed by atoms with van der Waals surface area (Å²) in [5.74, 6) is 0.0779. The maximum absolute atomic E-state index is 11.8. The van der Waals surface area contributed by atoms with E-state index in [1.807, 2.05) is 12.1 Å². The molecule has 0 saturated heterocycles. The van der Waals surface area contributed by atoms with Crippen molar-refractivity contribution in [2.45, 2.75) is 52.6 Å². The highest BCUT2D eigenvalue weighted by molar-refractivity contribution is 5.78. The molecule has 3 nitrogen and oxygen atoms in total. The van der Waals surface area contributed by atoms with E-state index in [2.05, 4.69) is 50.5 Å². The first-order chi connectivity index (χ1) is 9.08. The molecule has 0 radical (unpaired) electrons. The molecule has 19 heavy (non-hydrogen) atoms. The fourth-order valence-electron chi connectivity index (χ4n) is 2.20. The quantitative estimate of drug-likeness (QED) is 0.793. The van der Waals surface area contributed by atoms with Crippen LogP contribution in [0.25, 0.3) is 0 Å². The molecule has 0 spiro atoms. The molecule has 106 valence electrons. The number of hydrogen-bond acceptors (Lipinski definition) is 2. The summed E-state index contributed by atoms with van der Waals surface area (Å²) in [6.45, 7) is 8.74. The highest BCUT2D eigenvalue weighted by Crippen LogP contribution is 2.16. The molecule has 0 bridgehead atoms. The van der Waals surface area contributed by atoms with Gasteiger partial charge < -0.3 is 10.6 Å². The van der Waals surface area contributed by atoms with Crippen molar-refractivity contribution in [3.63, 3.8) is 0 Å². The Morgan fingerprint density at radius 1 is 1.21 bits per heavy atom. The van der Waals surface area contributed by atoms with Crippen molar-refractivity contribution < 1.29 is 4.79 Å². The fourth-order valence-corrected chi connectivity index (χ4v) is 2.20. The van der Waals surface area contributed by atoms with Crippen molar-refractivity contribution >= 4 is 5.91 Å². The lowest BCUT2D eigenvalue weighted by molar-refractivity contribution is -0.121. The predicted molar refractivity (Wildman–Crippen MR) is 80.1 cm³/mol. The molecule has 0 heterocycles. The number of rotatable bonds is 7. The molecule has 2 N–H and O–H groups in total. The molecule has 0 aliphatic rings. The molecule has 3 heteroatoms. The van der Waals surface area contributed by atoms with Crippen LogP contribution in [0.4, 0.5) is 0 Å². The number of amides is 1. The van der Waals surface area contributed by atoms with Gasteiger partial charge in [-0.15, -0.1) is 0 Å². The third-order valence-electron chi connectivity index (χ3n) is 3.57. The first-order valence-electron chi connectivity index (χ1n) is 7.16. The minimum atomic E-state index is 0.0779. The smallest absolute Gasteiger partial charge is 0.234 e. The molecule has 0 aliphatic heterocycles. The molecule has 0 aromatic heterocycles. The second-order valence-corrected chi connectivity index (χ2v) is 5.04. The maximum atomic E-state index is 11.8. The van der Waals surface area contributed by atoms with E-state index in [0.29, 0.717) is 12.6 Å². The molecular formula is C16H26N2O. The van der Waals surface area contributed by atoms with Crippen LogP contribution in [0.2, 0.25) is 0 Å². The first-order valence-corrected chi connectivity index (χ1v) is 7.16. The normalized spacial score (nSPS) is 12.5. The summed E-state index contributed by atoms with van der Waals surface area (Å²) >= 11 is 0. The zero-order valence-corrected chi connectivity index (χ0v) is 12.5. The molecule has 0 unspecified atom stereocenters. The highest BCUT2D eigenvalue weighted by Gasteiger charge is 2.11. The van der Waals surface area contributed by atoms with Gasteiger partial charge in [0.1, 0.15) is 0 Å². The van der Waals surface area contributed by atoms with E-state index in [1.165, 1.54) is 11.1 Å². The lowest BCUT2D eigenvalue weighted by atomic mass is 10.0. The van der Waals surface area contributed by atoms with E-state index in [4.69, 9.17) is 0 Å². The summed E-state index contributed by atoms with van der Waals surface area (Å²) in [6.07, 6.45) is 1.96. The van der Waals surface area contributed by atoms with E-state index in [9.17, 15) is 4.79 Å². The lowest BCUT2D eigenvalue weighted by Gasteiger charge is -2.18. The van der Waals surface area contributed by atoms with Gasteiger partial charge in [0.05, 0.1) is 6.54 Å². The van der Waals surface area contributed by atoms with Crippen LogP contribution >= 0.6 is 0 Å². The van der Waals surface area contributed by atoms with Crippen molar-refractivity contribution in [2.24, 2.45) is 0 Å². The van der Waals surface area contributed by atoms with Gasteiger partial charge in [0.2, 0.25) is 5.91 Å². The van der Waals surface area contributed by atoms with E-state index < -0.39 is 0 Å². The average Bonchev–Trinajstić information content (AvgIpc) is 2.42. The Balaban J connectivity index is 2.44. The Hall–Kier alpha value is -1.35. The summed E-state index contributed by atoms with van der Waals surface area (Å²) in [4.78, 5) is 11.8. The van der Waals surface area contributed by atoms with Gasteiger partial charge in [-0.2, -0.15) is 0 Å². The summed E-state index contributed by atoms with van der Waals surface area (Å²) in [7, 11) is 0. The first kappa shape index (κ1) is 15.7. The number of benzene rings is 1. The third-order valence-corrected chi connectivity index (χ3v) is 3.57. The summed E-state index contributed by atoms with van der Waals surface area (Å²) in [5, 5.41) is 6.32. The van der Waals surface area contributed by atoms with E-state index in [-0.39, 0.29) is 11.9 Å². The summed E-state index contributed by atoms with van der Waals surface area (Å²) < 4.78 is 0. The van der Waals surface area contributed by atoms with Crippen molar-refractivity contribution in [1.29, 1.82) is 0 Å². The summed E-state index contributed by atoms with van der Waals surface area (Å²) in [6, 6.07) is 8.75. The lowest BCUT2D eigenvalue weighted by Crippen LogP contribution is -2.40. The van der Waals surface area contributed by atoms with Crippen LogP contribution in [-0.2, 0) is 4.79 Å². The van der Waals surface area contributed by atoms with Crippen molar-refractivity contribution in [2.75, 3.05) is 6.54 Å². The van der Waals surface area contributed by atoms with Gasteiger partial charge >= 0.3 is 0 Å². The zero-order chi connectivity index (χ0) is 14.3. The van der Waals surface area contributed by atoms with Crippen LogP contribution in [0.15, 0.2) is 24.3 Å². The molecule has 0 fully saturated rings. The van der Waals surface area contributed by atoms with E-state index in [1.54, 1.807) is 0 Å². The Kier molecular flexibility index (Phi) is 6.57. The molecule has 1 aromatic rings. The summed E-state index contributed by atoms with van der Waals surface area (Å²) in [5.41, 5.74) is 2.50. The number of carbonyl (C=O) groups is 1. The van der Waals surface area contributed by atoms with Crippen molar-refractivity contribution in [1.82, 2.24) is 10.6 Å². The number of aryl methyl sites for hydroxylation is 1. The van der Waals surface area contributed by atoms with Crippen LogP contribution < -0.4 is 10.6 Å². The Labute approximate surface area is 116 Å². The molecule has 1 amide bonds.